The molecule has 3 rings (SSSR count). The standard InChI is InChI=1S/C15H22N4O/c20-15(4-3-13-2-1-5-17-10-13)19-11-14(12-19)18-8-6-16-7-9-18/h1-2,5,10,14,16H,3-4,6-9,11-12H2. The largest absolute Gasteiger partial charge is 0.339 e. The van der Waals surface area contributed by atoms with Crippen LogP contribution < -0.4 is 5.32 Å². The summed E-state index contributed by atoms with van der Waals surface area (Å²) in [5.41, 5.74) is 1.14. The Morgan fingerprint density at radius 3 is 2.85 bits per heavy atom. The molecule has 0 spiro atoms. The van der Waals surface area contributed by atoms with Crippen LogP contribution in [0.5, 0.6) is 0 Å². The number of aryl methyl sites for hydroxylation is 1. The van der Waals surface area contributed by atoms with Crippen LogP contribution in [-0.2, 0) is 11.2 Å². The average Bonchev–Trinajstić information content (AvgIpc) is 2.46. The summed E-state index contributed by atoms with van der Waals surface area (Å²) < 4.78 is 0. The summed E-state index contributed by atoms with van der Waals surface area (Å²) in [5, 5.41) is 3.36. The van der Waals surface area contributed by atoms with Crippen LogP contribution in [0, 0.1) is 0 Å². The lowest BCUT2D eigenvalue weighted by Crippen LogP contribution is -2.63. The number of aromatic nitrogens is 1. The highest BCUT2D eigenvalue weighted by molar-refractivity contribution is 5.77. The molecule has 1 aromatic rings. The predicted octanol–water partition coefficient (Wildman–Crippen LogP) is 0.130. The third-order valence-corrected chi connectivity index (χ3v) is 4.23. The number of nitrogens with zero attached hydrogens (tertiary/aromatic N) is 3. The first kappa shape index (κ1) is 13.5. The van der Waals surface area contributed by atoms with Gasteiger partial charge in [-0.15, -0.1) is 0 Å². The lowest BCUT2D eigenvalue weighted by molar-refractivity contribution is -0.138. The highest BCUT2D eigenvalue weighted by Crippen LogP contribution is 2.17. The molecular weight excluding hydrogens is 252 g/mol. The normalized spacial score (nSPS) is 20.7. The quantitative estimate of drug-likeness (QED) is 0.848. The smallest absolute Gasteiger partial charge is 0.223 e. The molecular formula is C15H22N4O. The number of piperazine rings is 1. The molecule has 0 saturated carbocycles. The number of rotatable bonds is 4. The second-order valence-electron chi connectivity index (χ2n) is 5.60. The number of carbonyl (C=O) groups excluding carboxylic acids is 1. The second-order valence-corrected chi connectivity index (χ2v) is 5.60. The summed E-state index contributed by atoms with van der Waals surface area (Å²) in [6.45, 7) is 6.19. The van der Waals surface area contributed by atoms with E-state index in [0.29, 0.717) is 12.5 Å². The van der Waals surface area contributed by atoms with Crippen LogP contribution in [0.25, 0.3) is 0 Å². The Kier molecular flexibility index (Phi) is 4.28. The molecule has 2 aliphatic rings. The van der Waals surface area contributed by atoms with Crippen LogP contribution in [0.2, 0.25) is 0 Å². The van der Waals surface area contributed by atoms with E-state index in [1.165, 1.54) is 0 Å². The van der Waals surface area contributed by atoms with E-state index >= 15 is 0 Å². The molecule has 0 unspecified atom stereocenters. The zero-order valence-corrected chi connectivity index (χ0v) is 11.8. The van der Waals surface area contributed by atoms with Gasteiger partial charge < -0.3 is 10.2 Å². The van der Waals surface area contributed by atoms with Crippen molar-refractivity contribution < 1.29 is 4.79 Å². The van der Waals surface area contributed by atoms with E-state index in [2.05, 4.69) is 15.2 Å². The number of hydrogen-bond donors (Lipinski definition) is 1. The van der Waals surface area contributed by atoms with Crippen molar-refractivity contribution in [3.8, 4) is 0 Å². The van der Waals surface area contributed by atoms with Gasteiger partial charge in [-0.3, -0.25) is 14.7 Å². The highest BCUT2D eigenvalue weighted by Gasteiger charge is 2.34. The number of hydrogen-bond acceptors (Lipinski definition) is 4. The molecule has 0 aromatic carbocycles. The maximum absolute atomic E-state index is 12.1. The minimum atomic E-state index is 0.278. The topological polar surface area (TPSA) is 48.5 Å². The molecule has 0 aliphatic carbocycles. The van der Waals surface area contributed by atoms with Crippen LogP contribution in [0.1, 0.15) is 12.0 Å². The fourth-order valence-electron chi connectivity index (χ4n) is 2.89. The summed E-state index contributed by atoms with van der Waals surface area (Å²) in [5.74, 6) is 0.278. The van der Waals surface area contributed by atoms with Gasteiger partial charge in [-0.1, -0.05) is 6.07 Å². The molecule has 108 valence electrons. The number of likely N-dealkylation sites (tertiary alicyclic amines) is 1. The molecule has 0 bridgehead atoms. The van der Waals surface area contributed by atoms with Gasteiger partial charge in [-0.2, -0.15) is 0 Å². The minimum absolute atomic E-state index is 0.278. The van der Waals surface area contributed by atoms with E-state index < -0.39 is 0 Å². The summed E-state index contributed by atoms with van der Waals surface area (Å²) in [7, 11) is 0. The summed E-state index contributed by atoms with van der Waals surface area (Å²) in [4.78, 5) is 20.7. The lowest BCUT2D eigenvalue weighted by Gasteiger charge is -2.46. The number of nitrogens with one attached hydrogen (secondary N) is 1. The van der Waals surface area contributed by atoms with Crippen LogP contribution in [0.15, 0.2) is 24.5 Å². The molecule has 0 radical (unpaired) electrons. The molecule has 2 aliphatic heterocycles. The van der Waals surface area contributed by atoms with Gasteiger partial charge in [0.2, 0.25) is 5.91 Å². The molecule has 20 heavy (non-hydrogen) atoms. The van der Waals surface area contributed by atoms with Gasteiger partial charge in [0.1, 0.15) is 0 Å². The maximum atomic E-state index is 12.1. The Bertz CT molecular complexity index is 438. The molecule has 1 amide bonds. The van der Waals surface area contributed by atoms with E-state index in [0.717, 1.165) is 51.3 Å². The van der Waals surface area contributed by atoms with Gasteiger partial charge in [-0.25, -0.2) is 0 Å². The van der Waals surface area contributed by atoms with Gasteiger partial charge in [0.05, 0.1) is 0 Å². The molecule has 5 heteroatoms. The Balaban J connectivity index is 1.39. The van der Waals surface area contributed by atoms with Crippen molar-refractivity contribution in [2.75, 3.05) is 39.3 Å². The van der Waals surface area contributed by atoms with E-state index in [-0.39, 0.29) is 5.91 Å². The van der Waals surface area contributed by atoms with Crippen molar-refractivity contribution in [3.05, 3.63) is 30.1 Å². The van der Waals surface area contributed by atoms with Gasteiger partial charge in [0.15, 0.2) is 0 Å². The highest BCUT2D eigenvalue weighted by atomic mass is 16.2. The van der Waals surface area contributed by atoms with Crippen LogP contribution in [-0.4, -0.2) is 66.0 Å². The molecule has 0 atom stereocenters. The minimum Gasteiger partial charge on any atom is -0.339 e. The fourth-order valence-corrected chi connectivity index (χ4v) is 2.89. The first-order valence-corrected chi connectivity index (χ1v) is 7.44. The summed E-state index contributed by atoms with van der Waals surface area (Å²) in [6.07, 6.45) is 4.99. The second kappa shape index (κ2) is 6.33. The van der Waals surface area contributed by atoms with Gasteiger partial charge in [0, 0.05) is 64.1 Å². The van der Waals surface area contributed by atoms with Crippen molar-refractivity contribution in [3.63, 3.8) is 0 Å². The zero-order chi connectivity index (χ0) is 13.8. The molecule has 1 aromatic heterocycles. The lowest BCUT2D eigenvalue weighted by atomic mass is 10.0. The third-order valence-electron chi connectivity index (χ3n) is 4.23. The summed E-state index contributed by atoms with van der Waals surface area (Å²) in [6, 6.07) is 4.53. The van der Waals surface area contributed by atoms with Crippen LogP contribution in [0.4, 0.5) is 0 Å². The van der Waals surface area contributed by atoms with Gasteiger partial charge >= 0.3 is 0 Å². The van der Waals surface area contributed by atoms with Gasteiger partial charge in [-0.05, 0) is 18.1 Å². The number of carbonyl (C=O) groups is 1. The van der Waals surface area contributed by atoms with Crippen molar-refractivity contribution >= 4 is 5.91 Å². The molecule has 3 heterocycles. The van der Waals surface area contributed by atoms with Crippen LogP contribution in [0.3, 0.4) is 0 Å². The van der Waals surface area contributed by atoms with Crippen molar-refractivity contribution in [1.29, 1.82) is 0 Å². The monoisotopic (exact) mass is 274 g/mol. The third kappa shape index (κ3) is 3.16. The van der Waals surface area contributed by atoms with E-state index in [1.54, 1.807) is 6.20 Å². The number of amides is 1. The maximum Gasteiger partial charge on any atom is 0.223 e. The first-order valence-electron chi connectivity index (χ1n) is 7.44. The van der Waals surface area contributed by atoms with Crippen molar-refractivity contribution in [2.45, 2.75) is 18.9 Å². The molecule has 2 fully saturated rings. The molecule has 2 saturated heterocycles. The Labute approximate surface area is 120 Å². The zero-order valence-electron chi connectivity index (χ0n) is 11.8. The average molecular weight is 274 g/mol. The molecule has 1 N–H and O–H groups in total. The first-order chi connectivity index (χ1) is 9.83. The van der Waals surface area contributed by atoms with Crippen LogP contribution >= 0.6 is 0 Å². The fraction of sp³-hybridized carbons (Fsp3) is 0.600. The van der Waals surface area contributed by atoms with Crippen molar-refractivity contribution in [1.82, 2.24) is 20.1 Å². The van der Waals surface area contributed by atoms with Gasteiger partial charge in [0.25, 0.3) is 0 Å². The predicted molar refractivity (Wildman–Crippen MR) is 77.4 cm³/mol. The van der Waals surface area contributed by atoms with Crippen molar-refractivity contribution in [2.24, 2.45) is 0 Å². The van der Waals surface area contributed by atoms with E-state index in [9.17, 15) is 4.79 Å². The number of pyridine rings is 1. The summed E-state index contributed by atoms with van der Waals surface area (Å²) >= 11 is 0. The van der Waals surface area contributed by atoms with E-state index in [4.69, 9.17) is 0 Å². The Hall–Kier alpha value is -1.46. The Morgan fingerprint density at radius 2 is 2.15 bits per heavy atom. The van der Waals surface area contributed by atoms with E-state index in [1.807, 2.05) is 23.2 Å². The Morgan fingerprint density at radius 1 is 1.35 bits per heavy atom. The molecule has 5 nitrogen and oxygen atoms in total. The SMILES string of the molecule is O=C(CCc1cccnc1)N1CC(N2CCNCC2)C1.